The smallest absolute Gasteiger partial charge is 0.329 e. The largest absolute Gasteiger partial charge is 0.480 e. The SMILES string of the molecule is O=C(NC1(C(=O)O)CCCC1)c1cc(-c2ccccc2)n(-c2ccccn2)n1. The Morgan fingerprint density at radius 2 is 1.75 bits per heavy atom. The van der Waals surface area contributed by atoms with E-state index in [-0.39, 0.29) is 5.69 Å². The van der Waals surface area contributed by atoms with Crippen LogP contribution in [0.2, 0.25) is 0 Å². The summed E-state index contributed by atoms with van der Waals surface area (Å²) in [5, 5.41) is 16.8. The van der Waals surface area contributed by atoms with E-state index in [4.69, 9.17) is 0 Å². The van der Waals surface area contributed by atoms with Crippen LogP contribution in [-0.4, -0.2) is 37.3 Å². The third-order valence-corrected chi connectivity index (χ3v) is 5.10. The lowest BCUT2D eigenvalue weighted by Crippen LogP contribution is -2.52. The van der Waals surface area contributed by atoms with Crippen molar-refractivity contribution in [1.29, 1.82) is 0 Å². The fourth-order valence-electron chi connectivity index (χ4n) is 3.61. The Morgan fingerprint density at radius 3 is 2.39 bits per heavy atom. The van der Waals surface area contributed by atoms with E-state index < -0.39 is 17.4 Å². The molecule has 2 N–H and O–H groups in total. The maximum absolute atomic E-state index is 12.9. The second-order valence-electron chi connectivity index (χ2n) is 6.93. The number of carboxylic acid groups (broad SMARTS) is 1. The van der Waals surface area contributed by atoms with Crippen LogP contribution in [0, 0.1) is 0 Å². The highest BCUT2D eigenvalue weighted by Crippen LogP contribution is 2.30. The van der Waals surface area contributed by atoms with Gasteiger partial charge < -0.3 is 10.4 Å². The molecule has 1 aliphatic carbocycles. The number of rotatable bonds is 5. The highest BCUT2D eigenvalue weighted by Gasteiger charge is 2.43. The van der Waals surface area contributed by atoms with Crippen molar-refractivity contribution < 1.29 is 14.7 Å². The molecular formula is C21H20N4O3. The van der Waals surface area contributed by atoms with Gasteiger partial charge in [0.25, 0.3) is 5.91 Å². The summed E-state index contributed by atoms with van der Waals surface area (Å²) in [7, 11) is 0. The van der Waals surface area contributed by atoms with Crippen molar-refractivity contribution in [2.45, 2.75) is 31.2 Å². The second kappa shape index (κ2) is 7.26. The Bertz CT molecular complexity index is 936. The number of carbonyl (C=O) groups excluding carboxylic acids is 1. The zero-order valence-corrected chi connectivity index (χ0v) is 15.2. The van der Waals surface area contributed by atoms with Gasteiger partial charge in [0.1, 0.15) is 5.54 Å². The number of aliphatic carboxylic acids is 1. The lowest BCUT2D eigenvalue weighted by molar-refractivity contribution is -0.144. The van der Waals surface area contributed by atoms with Crippen molar-refractivity contribution in [2.75, 3.05) is 0 Å². The van der Waals surface area contributed by atoms with Gasteiger partial charge in [0.15, 0.2) is 11.5 Å². The number of hydrogen-bond donors (Lipinski definition) is 2. The first-order valence-corrected chi connectivity index (χ1v) is 9.22. The van der Waals surface area contributed by atoms with Crippen LogP contribution in [0.5, 0.6) is 0 Å². The summed E-state index contributed by atoms with van der Waals surface area (Å²) in [6, 6.07) is 16.7. The van der Waals surface area contributed by atoms with Gasteiger partial charge in [0, 0.05) is 11.8 Å². The number of hydrogen-bond acceptors (Lipinski definition) is 4. The van der Waals surface area contributed by atoms with E-state index in [0.717, 1.165) is 18.4 Å². The van der Waals surface area contributed by atoms with Crippen LogP contribution >= 0.6 is 0 Å². The van der Waals surface area contributed by atoms with Crippen LogP contribution in [0.1, 0.15) is 36.2 Å². The van der Waals surface area contributed by atoms with E-state index in [0.29, 0.717) is 24.4 Å². The first-order valence-electron chi connectivity index (χ1n) is 9.22. The number of aromatic nitrogens is 3. The third-order valence-electron chi connectivity index (χ3n) is 5.10. The summed E-state index contributed by atoms with van der Waals surface area (Å²) in [4.78, 5) is 29.0. The summed E-state index contributed by atoms with van der Waals surface area (Å²) in [5.74, 6) is -0.906. The highest BCUT2D eigenvalue weighted by atomic mass is 16.4. The molecule has 1 aromatic carbocycles. The van der Waals surface area contributed by atoms with Crippen molar-refractivity contribution in [3.8, 4) is 17.1 Å². The standard InChI is InChI=1S/C21H20N4O3/c26-19(23-21(20(27)28)11-5-6-12-21)16-14-17(15-8-2-1-3-9-15)25(24-16)18-10-4-7-13-22-18/h1-4,7-10,13-14H,5-6,11-12H2,(H,23,26)(H,27,28). The van der Waals surface area contributed by atoms with Gasteiger partial charge >= 0.3 is 5.97 Å². The molecule has 1 amide bonds. The molecule has 0 radical (unpaired) electrons. The molecule has 3 aromatic rings. The maximum atomic E-state index is 12.9. The molecule has 0 saturated heterocycles. The minimum Gasteiger partial charge on any atom is -0.480 e. The monoisotopic (exact) mass is 376 g/mol. The molecule has 1 saturated carbocycles. The van der Waals surface area contributed by atoms with Crippen LogP contribution < -0.4 is 5.32 Å². The Balaban J connectivity index is 1.73. The number of nitrogens with one attached hydrogen (secondary N) is 1. The highest BCUT2D eigenvalue weighted by molar-refractivity contribution is 5.97. The first-order chi connectivity index (χ1) is 13.6. The maximum Gasteiger partial charge on any atom is 0.329 e. The van der Waals surface area contributed by atoms with Gasteiger partial charge in [-0.25, -0.2) is 14.5 Å². The van der Waals surface area contributed by atoms with E-state index in [1.165, 1.54) is 0 Å². The average Bonchev–Trinajstić information content (AvgIpc) is 3.37. The van der Waals surface area contributed by atoms with Crippen molar-refractivity contribution in [2.24, 2.45) is 0 Å². The predicted molar refractivity (Wildman–Crippen MR) is 103 cm³/mol. The van der Waals surface area contributed by atoms with E-state index in [2.05, 4.69) is 15.4 Å². The molecule has 0 aliphatic heterocycles. The molecule has 7 heteroatoms. The number of benzene rings is 1. The van der Waals surface area contributed by atoms with Gasteiger partial charge in [-0.05, 0) is 31.0 Å². The molecule has 0 bridgehead atoms. The van der Waals surface area contributed by atoms with E-state index >= 15 is 0 Å². The molecule has 0 unspecified atom stereocenters. The predicted octanol–water partition coefficient (Wildman–Crippen LogP) is 3.06. The van der Waals surface area contributed by atoms with Gasteiger partial charge in [0.05, 0.1) is 5.69 Å². The molecule has 1 aliphatic rings. The van der Waals surface area contributed by atoms with E-state index in [1.54, 1.807) is 29.1 Å². The van der Waals surface area contributed by atoms with Crippen LogP contribution in [0.3, 0.4) is 0 Å². The Kier molecular flexibility index (Phi) is 4.65. The topological polar surface area (TPSA) is 97.1 Å². The number of amides is 1. The molecule has 0 spiro atoms. The molecule has 2 aromatic heterocycles. The first kappa shape index (κ1) is 17.9. The normalized spacial score (nSPS) is 15.3. The summed E-state index contributed by atoms with van der Waals surface area (Å²) in [6.45, 7) is 0. The minimum atomic E-state index is -1.21. The molecule has 7 nitrogen and oxygen atoms in total. The quantitative estimate of drug-likeness (QED) is 0.713. The van der Waals surface area contributed by atoms with Crippen LogP contribution in [0.25, 0.3) is 17.1 Å². The molecule has 2 heterocycles. The second-order valence-corrected chi connectivity index (χ2v) is 6.93. The minimum absolute atomic E-state index is 0.164. The third kappa shape index (κ3) is 3.26. The molecule has 142 valence electrons. The summed E-state index contributed by atoms with van der Waals surface area (Å²) >= 11 is 0. The van der Waals surface area contributed by atoms with Crippen molar-refractivity contribution in [3.05, 3.63) is 66.5 Å². The number of pyridine rings is 1. The van der Waals surface area contributed by atoms with Crippen LogP contribution in [-0.2, 0) is 4.79 Å². The van der Waals surface area contributed by atoms with Crippen molar-refractivity contribution >= 4 is 11.9 Å². The summed E-state index contributed by atoms with van der Waals surface area (Å²) < 4.78 is 1.60. The zero-order chi connectivity index (χ0) is 19.6. The molecule has 4 rings (SSSR count). The summed E-state index contributed by atoms with van der Waals surface area (Å²) in [6.07, 6.45) is 4.08. The average molecular weight is 376 g/mol. The number of nitrogens with zero attached hydrogens (tertiary/aromatic N) is 3. The van der Waals surface area contributed by atoms with Gasteiger partial charge in [-0.2, -0.15) is 5.10 Å². The Hall–Kier alpha value is -3.48. The fourth-order valence-corrected chi connectivity index (χ4v) is 3.61. The van der Waals surface area contributed by atoms with Crippen LogP contribution in [0.4, 0.5) is 0 Å². The summed E-state index contributed by atoms with van der Waals surface area (Å²) in [5.41, 5.74) is 0.546. The van der Waals surface area contributed by atoms with Gasteiger partial charge in [-0.3, -0.25) is 4.79 Å². The van der Waals surface area contributed by atoms with Gasteiger partial charge in [0.2, 0.25) is 0 Å². The zero-order valence-electron chi connectivity index (χ0n) is 15.2. The molecular weight excluding hydrogens is 356 g/mol. The van der Waals surface area contributed by atoms with E-state index in [1.807, 2.05) is 36.4 Å². The molecule has 0 atom stereocenters. The van der Waals surface area contributed by atoms with Crippen molar-refractivity contribution in [3.63, 3.8) is 0 Å². The Morgan fingerprint density at radius 1 is 1.04 bits per heavy atom. The fraction of sp³-hybridized carbons (Fsp3) is 0.238. The lowest BCUT2D eigenvalue weighted by atomic mass is 9.97. The van der Waals surface area contributed by atoms with Crippen LogP contribution in [0.15, 0.2) is 60.8 Å². The Labute approximate surface area is 162 Å². The molecule has 1 fully saturated rings. The lowest BCUT2D eigenvalue weighted by Gasteiger charge is -2.24. The van der Waals surface area contributed by atoms with E-state index in [9.17, 15) is 14.7 Å². The number of carboxylic acids is 1. The molecule has 28 heavy (non-hydrogen) atoms. The van der Waals surface area contributed by atoms with Gasteiger partial charge in [-0.1, -0.05) is 49.2 Å². The van der Waals surface area contributed by atoms with Gasteiger partial charge in [-0.15, -0.1) is 0 Å². The van der Waals surface area contributed by atoms with Crippen molar-refractivity contribution in [1.82, 2.24) is 20.1 Å². The number of carbonyl (C=O) groups is 2.